The molecule has 0 saturated carbocycles. The Morgan fingerprint density at radius 3 is 2.38 bits per heavy atom. The van der Waals surface area contributed by atoms with E-state index >= 15 is 0 Å². The van der Waals surface area contributed by atoms with Gasteiger partial charge < -0.3 is 15.1 Å². The minimum absolute atomic E-state index is 0.0468. The fourth-order valence-electron chi connectivity index (χ4n) is 3.70. The molecular weight excluding hydrogens is 392 g/mol. The summed E-state index contributed by atoms with van der Waals surface area (Å²) in [6, 6.07) is 12.8. The first kappa shape index (κ1) is 21.6. The van der Waals surface area contributed by atoms with E-state index in [0.29, 0.717) is 22.3 Å². The highest BCUT2D eigenvalue weighted by Crippen LogP contribution is 2.26. The molecule has 0 aliphatic carbocycles. The number of thioether (sulfide) groups is 1. The Bertz CT molecular complexity index is 836. The largest absolute Gasteiger partial charge is 0.360 e. The van der Waals surface area contributed by atoms with Crippen LogP contribution in [0.15, 0.2) is 47.4 Å². The molecule has 1 atom stereocenters. The zero-order chi connectivity index (χ0) is 21.0. The fourth-order valence-corrected chi connectivity index (χ4v) is 4.20. The summed E-state index contributed by atoms with van der Waals surface area (Å²) in [5, 5.41) is 2.91. The van der Waals surface area contributed by atoms with Crippen LogP contribution >= 0.6 is 11.8 Å². The predicted molar refractivity (Wildman–Crippen MR) is 115 cm³/mol. The number of nitrogens with zero attached hydrogens (tertiary/aromatic N) is 1. The minimum Gasteiger partial charge on any atom is -0.360 e. The summed E-state index contributed by atoms with van der Waals surface area (Å²) in [7, 11) is 0. The number of anilines is 2. The first-order chi connectivity index (χ1) is 13.8. The van der Waals surface area contributed by atoms with Gasteiger partial charge >= 0.3 is 0 Å². The summed E-state index contributed by atoms with van der Waals surface area (Å²) in [6.07, 6.45) is 0. The first-order valence-corrected chi connectivity index (χ1v) is 10.7. The summed E-state index contributed by atoms with van der Waals surface area (Å²) in [4.78, 5) is 16.8. The summed E-state index contributed by atoms with van der Waals surface area (Å²) in [6.45, 7) is 9.85. The van der Waals surface area contributed by atoms with Gasteiger partial charge in [0.1, 0.15) is 0 Å². The van der Waals surface area contributed by atoms with Crippen molar-refractivity contribution in [2.24, 2.45) is 0 Å². The maximum absolute atomic E-state index is 12.7. The molecule has 1 fully saturated rings. The molecule has 29 heavy (non-hydrogen) atoms. The molecule has 1 saturated heterocycles. The second-order valence-corrected chi connectivity index (χ2v) is 8.54. The summed E-state index contributed by atoms with van der Waals surface area (Å²) >= 11 is 0.500. The lowest BCUT2D eigenvalue weighted by atomic mass is 10.1. The molecule has 2 aromatic rings. The van der Waals surface area contributed by atoms with Crippen LogP contribution in [0, 0.1) is 13.8 Å². The minimum atomic E-state index is -2.44. The highest BCUT2D eigenvalue weighted by atomic mass is 32.2. The molecule has 0 radical (unpaired) electrons. The average Bonchev–Trinajstić information content (AvgIpc) is 2.71. The number of nitrogens with one attached hydrogen (secondary N) is 2. The van der Waals surface area contributed by atoms with E-state index in [1.165, 1.54) is 21.7 Å². The van der Waals surface area contributed by atoms with Gasteiger partial charge in [-0.1, -0.05) is 23.9 Å². The molecule has 3 rings (SSSR count). The van der Waals surface area contributed by atoms with Gasteiger partial charge in [0.05, 0.1) is 26.2 Å². The van der Waals surface area contributed by atoms with Gasteiger partial charge in [0.2, 0.25) is 0 Å². The Morgan fingerprint density at radius 1 is 1.10 bits per heavy atom. The quantitative estimate of drug-likeness (QED) is 0.704. The predicted octanol–water partition coefficient (Wildman–Crippen LogP) is 3.35. The monoisotopic (exact) mass is 420 g/mol. The number of carbonyl (C=O) groups excluding carboxylic acids is 1. The third kappa shape index (κ3) is 5.48. The van der Waals surface area contributed by atoms with E-state index in [-0.39, 0.29) is 11.9 Å². The van der Waals surface area contributed by atoms with Crippen molar-refractivity contribution in [3.63, 3.8) is 0 Å². The van der Waals surface area contributed by atoms with Crippen LogP contribution in [-0.4, -0.2) is 43.9 Å². The van der Waals surface area contributed by atoms with E-state index in [1.54, 1.807) is 24.3 Å². The fraction of sp³-hybridized carbons (Fsp3) is 0.409. The molecule has 1 amide bonds. The van der Waals surface area contributed by atoms with Crippen molar-refractivity contribution in [2.45, 2.75) is 37.5 Å². The molecule has 0 unspecified atom stereocenters. The summed E-state index contributed by atoms with van der Waals surface area (Å²) in [5.74, 6) is -2.49. The normalized spacial score (nSPS) is 16.1. The number of piperazine rings is 1. The van der Waals surface area contributed by atoms with Gasteiger partial charge in [-0.15, -0.1) is 0 Å². The molecule has 1 aliphatic rings. The number of halogens is 2. The van der Waals surface area contributed by atoms with Crippen molar-refractivity contribution in [1.29, 1.82) is 0 Å². The van der Waals surface area contributed by atoms with Crippen LogP contribution < -0.4 is 15.1 Å². The number of carbonyl (C=O) groups is 1. The van der Waals surface area contributed by atoms with Crippen LogP contribution in [-0.2, 0) is 4.79 Å². The first-order valence-electron chi connectivity index (χ1n) is 9.86. The molecule has 0 spiro atoms. The number of amides is 1. The Labute approximate surface area is 175 Å². The molecule has 4 nitrogen and oxygen atoms in total. The third-order valence-electron chi connectivity index (χ3n) is 5.68. The standard InChI is InChI=1S/C22H27F2N3OS/c1-15-5-4-6-20(16(15)2)27-13-11-26(12-14-27)17(3)21(28)25-18-7-9-19(10-8-18)29-22(23)24/h4-10,17,22H,11-14H2,1-3H3,(H,25,28)/p+1/t17-/m1/s1. The Kier molecular flexibility index (Phi) is 7.14. The highest BCUT2D eigenvalue weighted by molar-refractivity contribution is 7.99. The van der Waals surface area contributed by atoms with Crippen LogP contribution in [0.5, 0.6) is 0 Å². The Balaban J connectivity index is 1.54. The van der Waals surface area contributed by atoms with Crippen molar-refractivity contribution in [2.75, 3.05) is 36.4 Å². The number of alkyl halides is 2. The zero-order valence-corrected chi connectivity index (χ0v) is 17.9. The van der Waals surface area contributed by atoms with Gasteiger partial charge in [-0.25, -0.2) is 0 Å². The van der Waals surface area contributed by atoms with Crippen LogP contribution in [0.25, 0.3) is 0 Å². The van der Waals surface area contributed by atoms with Gasteiger partial charge in [0.25, 0.3) is 11.7 Å². The van der Waals surface area contributed by atoms with Crippen molar-refractivity contribution in [3.8, 4) is 0 Å². The maximum Gasteiger partial charge on any atom is 0.288 e. The molecule has 0 bridgehead atoms. The van der Waals surface area contributed by atoms with E-state index < -0.39 is 5.76 Å². The van der Waals surface area contributed by atoms with E-state index in [2.05, 4.69) is 42.3 Å². The van der Waals surface area contributed by atoms with Gasteiger partial charge in [-0.05, 0) is 62.2 Å². The summed E-state index contributed by atoms with van der Waals surface area (Å²) < 4.78 is 24.8. The third-order valence-corrected chi connectivity index (χ3v) is 6.40. The lowest BCUT2D eigenvalue weighted by Gasteiger charge is -2.36. The van der Waals surface area contributed by atoms with E-state index in [1.807, 2.05) is 6.92 Å². The Hall–Kier alpha value is -2.12. The molecular formula is C22H28F2N3OS+. The number of rotatable bonds is 6. The molecule has 2 aromatic carbocycles. The van der Waals surface area contributed by atoms with Gasteiger partial charge in [-0.2, -0.15) is 8.78 Å². The van der Waals surface area contributed by atoms with Crippen LogP contribution in [0.2, 0.25) is 0 Å². The highest BCUT2D eigenvalue weighted by Gasteiger charge is 2.29. The molecule has 2 N–H and O–H groups in total. The van der Waals surface area contributed by atoms with Gasteiger partial charge in [0.15, 0.2) is 6.04 Å². The number of hydrogen-bond acceptors (Lipinski definition) is 3. The lowest BCUT2D eigenvalue weighted by Crippen LogP contribution is -3.19. The maximum atomic E-state index is 12.7. The van der Waals surface area contributed by atoms with Crippen molar-refractivity contribution in [3.05, 3.63) is 53.6 Å². The topological polar surface area (TPSA) is 36.8 Å². The van der Waals surface area contributed by atoms with Crippen LogP contribution in [0.1, 0.15) is 18.1 Å². The number of quaternary nitrogens is 1. The van der Waals surface area contributed by atoms with Crippen molar-refractivity contribution in [1.82, 2.24) is 0 Å². The van der Waals surface area contributed by atoms with E-state index in [9.17, 15) is 13.6 Å². The van der Waals surface area contributed by atoms with Crippen molar-refractivity contribution >= 4 is 29.0 Å². The molecule has 0 aromatic heterocycles. The van der Waals surface area contributed by atoms with E-state index in [0.717, 1.165) is 26.2 Å². The number of benzene rings is 2. The van der Waals surface area contributed by atoms with Gasteiger partial charge in [-0.3, -0.25) is 4.79 Å². The van der Waals surface area contributed by atoms with E-state index in [4.69, 9.17) is 0 Å². The summed E-state index contributed by atoms with van der Waals surface area (Å²) in [5.41, 5.74) is 4.52. The molecule has 7 heteroatoms. The average molecular weight is 421 g/mol. The van der Waals surface area contributed by atoms with Gasteiger partial charge in [0, 0.05) is 16.3 Å². The molecule has 156 valence electrons. The van der Waals surface area contributed by atoms with Crippen LogP contribution in [0.3, 0.4) is 0 Å². The lowest BCUT2D eigenvalue weighted by molar-refractivity contribution is -0.914. The SMILES string of the molecule is Cc1cccc(N2CC[NH+]([C@H](C)C(=O)Nc3ccc(SC(F)F)cc3)CC2)c1C. The Morgan fingerprint density at radius 2 is 1.76 bits per heavy atom. The second kappa shape index (κ2) is 9.59. The number of hydrogen-bond donors (Lipinski definition) is 2. The zero-order valence-electron chi connectivity index (χ0n) is 17.0. The smallest absolute Gasteiger partial charge is 0.288 e. The molecule has 1 aliphatic heterocycles. The number of aryl methyl sites for hydroxylation is 1. The molecule has 1 heterocycles. The second-order valence-electron chi connectivity index (χ2n) is 7.48. The van der Waals surface area contributed by atoms with Crippen LogP contribution in [0.4, 0.5) is 20.2 Å². The van der Waals surface area contributed by atoms with Crippen molar-refractivity contribution < 1.29 is 18.5 Å².